The number of likely N-dealkylation sites (N-methyl/N-ethyl adjacent to an activating group) is 1. The summed E-state index contributed by atoms with van der Waals surface area (Å²) in [6.45, 7) is 6.42. The number of nitrogens with zero attached hydrogens (tertiary/aromatic N) is 2. The smallest absolute Gasteiger partial charge is 0.410 e. The van der Waals surface area contributed by atoms with E-state index >= 15 is 0 Å². The van der Waals surface area contributed by atoms with Crippen LogP contribution in [0.3, 0.4) is 0 Å². The summed E-state index contributed by atoms with van der Waals surface area (Å²) in [5.74, 6) is 0.121. The van der Waals surface area contributed by atoms with Crippen LogP contribution in [-0.4, -0.2) is 60.2 Å². The first kappa shape index (κ1) is 22.9. The van der Waals surface area contributed by atoms with E-state index < -0.39 is 5.60 Å². The van der Waals surface area contributed by atoms with E-state index in [9.17, 15) is 9.59 Å². The zero-order valence-electron chi connectivity index (χ0n) is 16.4. The quantitative estimate of drug-likeness (QED) is 0.612. The maximum atomic E-state index is 12.5. The van der Waals surface area contributed by atoms with Crippen molar-refractivity contribution in [3.63, 3.8) is 0 Å². The molecule has 1 saturated heterocycles. The molecule has 1 aliphatic heterocycles. The van der Waals surface area contributed by atoms with Gasteiger partial charge in [-0.2, -0.15) is 0 Å². The second-order valence-electron chi connectivity index (χ2n) is 7.69. The first-order valence-corrected chi connectivity index (χ1v) is 10.1. The number of piperidine rings is 1. The molecule has 0 atom stereocenters. The molecule has 28 heavy (non-hydrogen) atoms. The van der Waals surface area contributed by atoms with E-state index in [0.717, 1.165) is 0 Å². The fourth-order valence-corrected chi connectivity index (χ4v) is 3.41. The number of halogens is 3. The van der Waals surface area contributed by atoms with E-state index in [1.165, 1.54) is 12.1 Å². The molecule has 0 saturated carbocycles. The molecular weight excluding hydrogens is 427 g/mol. The Morgan fingerprint density at radius 3 is 2.25 bits per heavy atom. The summed E-state index contributed by atoms with van der Waals surface area (Å²) >= 11 is 17.9. The van der Waals surface area contributed by atoms with Crippen molar-refractivity contribution in [1.82, 2.24) is 9.80 Å². The van der Waals surface area contributed by atoms with Crippen LogP contribution in [0.15, 0.2) is 12.1 Å². The molecule has 0 aliphatic carbocycles. The lowest BCUT2D eigenvalue weighted by Crippen LogP contribution is -2.49. The highest BCUT2D eigenvalue weighted by molar-refractivity contribution is 6.43. The van der Waals surface area contributed by atoms with Crippen molar-refractivity contribution in [2.75, 3.05) is 26.7 Å². The summed E-state index contributed by atoms with van der Waals surface area (Å²) in [5.41, 5.74) is -0.524. The number of carbonyl (C=O) groups excluding carboxylic acids is 2. The van der Waals surface area contributed by atoms with Gasteiger partial charge in [0.15, 0.2) is 6.61 Å². The van der Waals surface area contributed by atoms with E-state index in [-0.39, 0.29) is 29.7 Å². The minimum atomic E-state index is -0.524. The predicted octanol–water partition coefficient (Wildman–Crippen LogP) is 4.88. The van der Waals surface area contributed by atoms with Crippen molar-refractivity contribution in [2.45, 2.75) is 45.3 Å². The third-order valence-electron chi connectivity index (χ3n) is 4.38. The highest BCUT2D eigenvalue weighted by Crippen LogP contribution is 2.33. The van der Waals surface area contributed by atoms with Crippen LogP contribution in [0.2, 0.25) is 15.1 Å². The van der Waals surface area contributed by atoms with Crippen LogP contribution in [0, 0.1) is 0 Å². The van der Waals surface area contributed by atoms with E-state index in [1.54, 1.807) is 16.8 Å². The summed E-state index contributed by atoms with van der Waals surface area (Å²) in [6.07, 6.45) is 1.03. The maximum absolute atomic E-state index is 12.5. The number of benzene rings is 1. The zero-order valence-corrected chi connectivity index (χ0v) is 18.7. The number of ether oxygens (including phenoxy) is 2. The molecule has 0 radical (unpaired) electrons. The molecule has 2 rings (SSSR count). The monoisotopic (exact) mass is 450 g/mol. The van der Waals surface area contributed by atoms with Crippen LogP contribution in [0.5, 0.6) is 5.75 Å². The minimum Gasteiger partial charge on any atom is -0.482 e. The van der Waals surface area contributed by atoms with Crippen LogP contribution < -0.4 is 4.74 Å². The lowest BCUT2D eigenvalue weighted by Gasteiger charge is -2.37. The molecule has 1 aromatic rings. The molecule has 1 fully saturated rings. The molecule has 1 aliphatic rings. The Bertz CT molecular complexity index is 729. The molecule has 1 aromatic carbocycles. The molecule has 2 amide bonds. The number of rotatable bonds is 4. The van der Waals surface area contributed by atoms with Gasteiger partial charge < -0.3 is 19.3 Å². The van der Waals surface area contributed by atoms with Gasteiger partial charge in [0.25, 0.3) is 5.91 Å². The third-order valence-corrected chi connectivity index (χ3v) is 5.40. The van der Waals surface area contributed by atoms with Crippen LogP contribution in [0.1, 0.15) is 33.6 Å². The molecule has 1 heterocycles. The third kappa shape index (κ3) is 6.33. The van der Waals surface area contributed by atoms with E-state index in [4.69, 9.17) is 44.3 Å². The Morgan fingerprint density at radius 1 is 1.11 bits per heavy atom. The first-order chi connectivity index (χ1) is 13.0. The van der Waals surface area contributed by atoms with Crippen molar-refractivity contribution < 1.29 is 19.1 Å². The van der Waals surface area contributed by atoms with Crippen molar-refractivity contribution in [1.29, 1.82) is 0 Å². The fourth-order valence-electron chi connectivity index (χ4n) is 2.82. The zero-order chi connectivity index (χ0) is 21.1. The van der Waals surface area contributed by atoms with Gasteiger partial charge in [0.1, 0.15) is 11.4 Å². The molecule has 6 nitrogen and oxygen atoms in total. The highest BCUT2D eigenvalue weighted by atomic mass is 35.5. The van der Waals surface area contributed by atoms with E-state index in [1.807, 2.05) is 20.8 Å². The molecule has 0 unspecified atom stereocenters. The van der Waals surface area contributed by atoms with Crippen molar-refractivity contribution in [3.05, 3.63) is 27.2 Å². The van der Waals surface area contributed by atoms with Crippen LogP contribution in [-0.2, 0) is 9.53 Å². The predicted molar refractivity (Wildman–Crippen MR) is 111 cm³/mol. The van der Waals surface area contributed by atoms with E-state index in [2.05, 4.69) is 0 Å². The Labute approximate surface area is 180 Å². The SMILES string of the molecule is CN(C(=O)COc1cc(Cl)c(Cl)cc1Cl)C1CCN(C(=O)OC(C)(C)C)CC1. The maximum Gasteiger partial charge on any atom is 0.410 e. The first-order valence-electron chi connectivity index (χ1n) is 8.99. The summed E-state index contributed by atoms with van der Waals surface area (Å²) in [5, 5.41) is 0.908. The Balaban J connectivity index is 1.84. The summed E-state index contributed by atoms with van der Waals surface area (Å²) in [4.78, 5) is 27.9. The topological polar surface area (TPSA) is 59.1 Å². The molecule has 9 heteroatoms. The lowest BCUT2D eigenvalue weighted by molar-refractivity contribution is -0.134. The second kappa shape index (κ2) is 9.42. The van der Waals surface area contributed by atoms with Gasteiger partial charge in [0.2, 0.25) is 0 Å². The number of amides is 2. The summed E-state index contributed by atoms with van der Waals surface area (Å²) in [7, 11) is 1.73. The Hall–Kier alpha value is -1.37. The van der Waals surface area contributed by atoms with Gasteiger partial charge in [0.05, 0.1) is 15.1 Å². The van der Waals surface area contributed by atoms with Gasteiger partial charge in [-0.15, -0.1) is 0 Å². The summed E-state index contributed by atoms with van der Waals surface area (Å²) in [6, 6.07) is 2.99. The molecule has 0 bridgehead atoms. The second-order valence-corrected chi connectivity index (χ2v) is 8.91. The largest absolute Gasteiger partial charge is 0.482 e. The number of carbonyl (C=O) groups is 2. The van der Waals surface area contributed by atoms with Gasteiger partial charge in [-0.1, -0.05) is 34.8 Å². The number of likely N-dealkylation sites (tertiary alicyclic amines) is 1. The van der Waals surface area contributed by atoms with E-state index in [0.29, 0.717) is 41.7 Å². The highest BCUT2D eigenvalue weighted by Gasteiger charge is 2.30. The van der Waals surface area contributed by atoms with Crippen molar-refractivity contribution in [3.8, 4) is 5.75 Å². The van der Waals surface area contributed by atoms with Crippen LogP contribution in [0.4, 0.5) is 4.79 Å². The lowest BCUT2D eigenvalue weighted by atomic mass is 10.0. The average Bonchev–Trinajstić information content (AvgIpc) is 2.61. The summed E-state index contributed by atoms with van der Waals surface area (Å²) < 4.78 is 10.9. The van der Waals surface area contributed by atoms with Crippen molar-refractivity contribution >= 4 is 46.8 Å². The van der Waals surface area contributed by atoms with Gasteiger partial charge >= 0.3 is 6.09 Å². The fraction of sp³-hybridized carbons (Fsp3) is 0.579. The van der Waals surface area contributed by atoms with Gasteiger partial charge in [-0.3, -0.25) is 4.79 Å². The number of hydrogen-bond donors (Lipinski definition) is 0. The van der Waals surface area contributed by atoms with Crippen molar-refractivity contribution in [2.24, 2.45) is 0 Å². The molecule has 0 spiro atoms. The average molecular weight is 452 g/mol. The van der Waals surface area contributed by atoms with Gasteiger partial charge in [-0.05, 0) is 39.7 Å². The minimum absolute atomic E-state index is 0.0269. The Morgan fingerprint density at radius 2 is 1.68 bits per heavy atom. The molecule has 156 valence electrons. The van der Waals surface area contributed by atoms with Gasteiger partial charge in [0, 0.05) is 32.2 Å². The standard InChI is InChI=1S/C19H25Cl3N2O4/c1-19(2,3)28-18(26)24-7-5-12(6-8-24)23(4)17(25)11-27-16-10-14(21)13(20)9-15(16)22/h9-10,12H,5-8,11H2,1-4H3. The van der Waals surface area contributed by atoms with Crippen LogP contribution >= 0.6 is 34.8 Å². The normalized spacial score (nSPS) is 15.3. The van der Waals surface area contributed by atoms with Gasteiger partial charge in [-0.25, -0.2) is 4.79 Å². The Kier molecular flexibility index (Phi) is 7.71. The molecular formula is C19H25Cl3N2O4. The van der Waals surface area contributed by atoms with Crippen LogP contribution in [0.25, 0.3) is 0 Å². The molecule has 0 N–H and O–H groups in total. The molecule has 0 aromatic heterocycles. The number of hydrogen-bond acceptors (Lipinski definition) is 4.